The Morgan fingerprint density at radius 3 is 2.31 bits per heavy atom. The first-order valence-corrected chi connectivity index (χ1v) is 4.10. The van der Waals surface area contributed by atoms with Crippen molar-refractivity contribution in [3.05, 3.63) is 35.4 Å². The van der Waals surface area contributed by atoms with E-state index in [1.165, 1.54) is 0 Å². The molecule has 0 spiro atoms. The topological polar surface area (TPSA) is 57.5 Å². The number of carboxylic acid groups (broad SMARTS) is 1. The molecular weight excluding hydrogens is 168 g/mol. The minimum atomic E-state index is -0.927. The van der Waals surface area contributed by atoms with Crippen molar-refractivity contribution in [1.29, 1.82) is 0 Å². The normalized spacial score (nSPS) is 12.5. The lowest BCUT2D eigenvalue weighted by Crippen LogP contribution is -2.04. The van der Waals surface area contributed by atoms with Gasteiger partial charge in [0.05, 0.1) is 11.7 Å². The number of benzene rings is 1. The van der Waals surface area contributed by atoms with Gasteiger partial charge in [-0.1, -0.05) is 12.1 Å². The molecule has 3 nitrogen and oxygen atoms in total. The fraction of sp³-hybridized carbons (Fsp3) is 0.300. The Kier molecular flexibility index (Phi) is 3.03. The first-order valence-electron chi connectivity index (χ1n) is 4.10. The number of aliphatic hydroxyl groups is 1. The molecular formula is C10H12O3. The molecule has 1 unspecified atom stereocenters. The molecule has 0 aliphatic heterocycles. The molecule has 0 aliphatic rings. The van der Waals surface area contributed by atoms with Gasteiger partial charge in [0, 0.05) is 0 Å². The number of rotatable bonds is 3. The van der Waals surface area contributed by atoms with Gasteiger partial charge in [-0.15, -0.1) is 0 Å². The van der Waals surface area contributed by atoms with Gasteiger partial charge in [-0.05, 0) is 31.0 Å². The van der Waals surface area contributed by atoms with Gasteiger partial charge in [-0.2, -0.15) is 0 Å². The van der Waals surface area contributed by atoms with Crippen molar-refractivity contribution in [2.24, 2.45) is 0 Å². The van der Waals surface area contributed by atoms with Crippen LogP contribution in [0.25, 0.3) is 0 Å². The smallest absolute Gasteiger partial charge is 0.335 e. The molecule has 0 saturated heterocycles. The van der Waals surface area contributed by atoms with Gasteiger partial charge in [-0.3, -0.25) is 0 Å². The van der Waals surface area contributed by atoms with Crippen LogP contribution in [0.3, 0.4) is 0 Å². The van der Waals surface area contributed by atoms with Crippen molar-refractivity contribution in [2.45, 2.75) is 19.4 Å². The number of hydrogen-bond acceptors (Lipinski definition) is 2. The summed E-state index contributed by atoms with van der Waals surface area (Å²) in [6.45, 7) is 1.70. The van der Waals surface area contributed by atoms with Crippen LogP contribution in [-0.4, -0.2) is 22.3 Å². The predicted octanol–water partition coefficient (Wildman–Crippen LogP) is 1.31. The van der Waals surface area contributed by atoms with Gasteiger partial charge >= 0.3 is 5.97 Å². The van der Waals surface area contributed by atoms with Crippen LogP contribution in [0.15, 0.2) is 24.3 Å². The van der Waals surface area contributed by atoms with Crippen molar-refractivity contribution in [3.8, 4) is 0 Å². The van der Waals surface area contributed by atoms with Gasteiger partial charge in [0.15, 0.2) is 0 Å². The predicted molar refractivity (Wildman–Crippen MR) is 48.8 cm³/mol. The molecule has 1 rings (SSSR count). The fourth-order valence-corrected chi connectivity index (χ4v) is 1.12. The minimum Gasteiger partial charge on any atom is -0.478 e. The number of aliphatic hydroxyl groups excluding tert-OH is 1. The molecule has 0 aromatic heterocycles. The van der Waals surface area contributed by atoms with Crippen LogP contribution < -0.4 is 0 Å². The van der Waals surface area contributed by atoms with E-state index in [9.17, 15) is 4.79 Å². The lowest BCUT2D eigenvalue weighted by Gasteiger charge is -2.03. The van der Waals surface area contributed by atoms with Crippen LogP contribution in [0.5, 0.6) is 0 Å². The standard InChI is InChI=1S/C10H12O3/c1-7(11)6-8-2-4-9(5-3-8)10(12)13/h2-5,7,11H,6H2,1H3,(H,12,13). The quantitative estimate of drug-likeness (QED) is 0.737. The van der Waals surface area contributed by atoms with E-state index in [4.69, 9.17) is 10.2 Å². The third kappa shape index (κ3) is 2.87. The Labute approximate surface area is 76.6 Å². The number of aromatic carboxylic acids is 1. The van der Waals surface area contributed by atoms with Crippen LogP contribution in [0.1, 0.15) is 22.8 Å². The van der Waals surface area contributed by atoms with Gasteiger partial charge in [0.2, 0.25) is 0 Å². The molecule has 3 heteroatoms. The number of hydrogen-bond donors (Lipinski definition) is 2. The summed E-state index contributed by atoms with van der Waals surface area (Å²) in [5.41, 5.74) is 1.22. The lowest BCUT2D eigenvalue weighted by molar-refractivity contribution is 0.0697. The molecule has 1 aromatic carbocycles. The first-order chi connectivity index (χ1) is 6.09. The number of carbonyl (C=O) groups is 1. The van der Waals surface area contributed by atoms with Crippen LogP contribution in [0.4, 0.5) is 0 Å². The lowest BCUT2D eigenvalue weighted by atomic mass is 10.1. The summed E-state index contributed by atoms with van der Waals surface area (Å²) in [6, 6.07) is 6.52. The maximum absolute atomic E-state index is 10.5. The van der Waals surface area contributed by atoms with Gasteiger partial charge in [0.25, 0.3) is 0 Å². The highest BCUT2D eigenvalue weighted by Crippen LogP contribution is 2.06. The Bertz CT molecular complexity index is 288. The average molecular weight is 180 g/mol. The first kappa shape index (κ1) is 9.74. The van der Waals surface area contributed by atoms with E-state index >= 15 is 0 Å². The third-order valence-electron chi connectivity index (χ3n) is 1.73. The summed E-state index contributed by atoms with van der Waals surface area (Å²) in [5, 5.41) is 17.7. The summed E-state index contributed by atoms with van der Waals surface area (Å²) in [5.74, 6) is -0.927. The van der Waals surface area contributed by atoms with Crippen molar-refractivity contribution in [2.75, 3.05) is 0 Å². The molecule has 1 aromatic rings. The maximum Gasteiger partial charge on any atom is 0.335 e. The summed E-state index contributed by atoms with van der Waals surface area (Å²) in [6.07, 6.45) is 0.163. The van der Waals surface area contributed by atoms with E-state index in [2.05, 4.69) is 0 Å². The monoisotopic (exact) mass is 180 g/mol. The van der Waals surface area contributed by atoms with E-state index < -0.39 is 12.1 Å². The second-order valence-electron chi connectivity index (χ2n) is 3.06. The Hall–Kier alpha value is -1.35. The summed E-state index contributed by atoms with van der Waals surface area (Å²) >= 11 is 0. The molecule has 0 saturated carbocycles. The van der Waals surface area contributed by atoms with E-state index in [0.717, 1.165) is 5.56 Å². The molecule has 13 heavy (non-hydrogen) atoms. The average Bonchev–Trinajstić information content (AvgIpc) is 2.04. The van der Waals surface area contributed by atoms with E-state index in [1.807, 2.05) is 0 Å². The van der Waals surface area contributed by atoms with Crippen LogP contribution in [0, 0.1) is 0 Å². The van der Waals surface area contributed by atoms with Crippen molar-refractivity contribution in [3.63, 3.8) is 0 Å². The van der Waals surface area contributed by atoms with Crippen LogP contribution >= 0.6 is 0 Å². The van der Waals surface area contributed by atoms with Crippen molar-refractivity contribution >= 4 is 5.97 Å². The van der Waals surface area contributed by atoms with E-state index in [1.54, 1.807) is 31.2 Å². The third-order valence-corrected chi connectivity index (χ3v) is 1.73. The molecule has 0 fully saturated rings. The highest BCUT2D eigenvalue weighted by Gasteiger charge is 2.02. The molecule has 0 radical (unpaired) electrons. The molecule has 0 bridgehead atoms. The largest absolute Gasteiger partial charge is 0.478 e. The van der Waals surface area contributed by atoms with Gasteiger partial charge < -0.3 is 10.2 Å². The Balaban J connectivity index is 2.75. The highest BCUT2D eigenvalue weighted by molar-refractivity contribution is 5.87. The summed E-state index contributed by atoms with van der Waals surface area (Å²) in [7, 11) is 0. The molecule has 2 N–H and O–H groups in total. The molecule has 70 valence electrons. The fourth-order valence-electron chi connectivity index (χ4n) is 1.12. The molecule has 0 aliphatic carbocycles. The summed E-state index contributed by atoms with van der Waals surface area (Å²) < 4.78 is 0. The highest BCUT2D eigenvalue weighted by atomic mass is 16.4. The summed E-state index contributed by atoms with van der Waals surface area (Å²) in [4.78, 5) is 10.5. The zero-order valence-corrected chi connectivity index (χ0v) is 7.40. The van der Waals surface area contributed by atoms with Crippen molar-refractivity contribution < 1.29 is 15.0 Å². The van der Waals surface area contributed by atoms with E-state index in [0.29, 0.717) is 6.42 Å². The van der Waals surface area contributed by atoms with Gasteiger partial charge in [-0.25, -0.2) is 4.79 Å². The molecule has 0 amide bonds. The zero-order valence-electron chi connectivity index (χ0n) is 7.40. The Morgan fingerprint density at radius 2 is 1.92 bits per heavy atom. The Morgan fingerprint density at radius 1 is 1.38 bits per heavy atom. The van der Waals surface area contributed by atoms with E-state index in [-0.39, 0.29) is 5.56 Å². The van der Waals surface area contributed by atoms with Crippen molar-refractivity contribution in [1.82, 2.24) is 0 Å². The van der Waals surface area contributed by atoms with Crippen LogP contribution in [0.2, 0.25) is 0 Å². The zero-order chi connectivity index (χ0) is 9.84. The van der Waals surface area contributed by atoms with Crippen LogP contribution in [-0.2, 0) is 6.42 Å². The molecule has 1 atom stereocenters. The SMILES string of the molecule is CC(O)Cc1ccc(C(=O)O)cc1. The second kappa shape index (κ2) is 4.05. The minimum absolute atomic E-state index is 0.273. The number of carboxylic acids is 1. The molecule has 0 heterocycles. The van der Waals surface area contributed by atoms with Gasteiger partial charge in [0.1, 0.15) is 0 Å². The second-order valence-corrected chi connectivity index (χ2v) is 3.06. The maximum atomic E-state index is 10.5.